The van der Waals surface area contributed by atoms with Crippen LogP contribution < -0.4 is 5.73 Å². The fraction of sp³-hybridized carbons (Fsp3) is 0.889. The topological polar surface area (TPSA) is 41.6 Å². The summed E-state index contributed by atoms with van der Waals surface area (Å²) in [6.45, 7) is 0.814. The number of nitrogens with zero attached hydrogens (tertiary/aromatic N) is 2. The number of hydrogen-bond acceptors (Lipinski definition) is 3. The molecule has 0 saturated heterocycles. The molecule has 0 bridgehead atoms. The van der Waals surface area contributed by atoms with Gasteiger partial charge in [-0.3, -0.25) is 5.01 Å². The molecule has 1 fully saturated rings. The Morgan fingerprint density at radius 2 is 2.42 bits per heavy atom. The van der Waals surface area contributed by atoms with Crippen LogP contribution in [0.2, 0.25) is 0 Å². The molecule has 0 aromatic carbocycles. The third-order valence-corrected chi connectivity index (χ3v) is 3.21. The average Bonchev–Trinajstić information content (AvgIpc) is 2.48. The lowest BCUT2D eigenvalue weighted by atomic mass is 9.78. The summed E-state index contributed by atoms with van der Waals surface area (Å²) in [7, 11) is 2.06. The summed E-state index contributed by atoms with van der Waals surface area (Å²) in [5.41, 5.74) is 5.74. The minimum Gasteiger partial charge on any atom is -0.330 e. The maximum atomic E-state index is 5.74. The quantitative estimate of drug-likeness (QED) is 0.623. The average molecular weight is 167 g/mol. The summed E-state index contributed by atoms with van der Waals surface area (Å²) >= 11 is 0. The van der Waals surface area contributed by atoms with Crippen LogP contribution in [0.4, 0.5) is 0 Å². The molecule has 1 aliphatic heterocycles. The molecule has 2 rings (SSSR count). The Balaban J connectivity index is 2.10. The molecule has 0 aromatic heterocycles. The maximum absolute atomic E-state index is 5.74. The summed E-state index contributed by atoms with van der Waals surface area (Å²) in [5.74, 6) is 1.34. The van der Waals surface area contributed by atoms with Crippen LogP contribution >= 0.6 is 0 Å². The van der Waals surface area contributed by atoms with Crippen LogP contribution in [0.1, 0.15) is 19.3 Å². The minimum atomic E-state index is 0.601. The monoisotopic (exact) mass is 167 g/mol. The van der Waals surface area contributed by atoms with Gasteiger partial charge in [0.15, 0.2) is 0 Å². The van der Waals surface area contributed by atoms with Gasteiger partial charge in [-0.05, 0) is 25.3 Å². The van der Waals surface area contributed by atoms with E-state index in [9.17, 15) is 0 Å². The summed E-state index contributed by atoms with van der Waals surface area (Å²) in [6.07, 6.45) is 6.01. The molecule has 1 aliphatic carbocycles. The highest BCUT2D eigenvalue weighted by Crippen LogP contribution is 2.34. The minimum absolute atomic E-state index is 0.601. The van der Waals surface area contributed by atoms with E-state index in [2.05, 4.69) is 23.4 Å². The first kappa shape index (κ1) is 8.05. The number of rotatable bonds is 1. The molecule has 1 heterocycles. The molecular formula is C9H17N3. The van der Waals surface area contributed by atoms with Crippen molar-refractivity contribution in [3.05, 3.63) is 0 Å². The predicted molar refractivity (Wildman–Crippen MR) is 49.9 cm³/mol. The second kappa shape index (κ2) is 3.05. The van der Waals surface area contributed by atoms with Crippen molar-refractivity contribution in [2.24, 2.45) is 22.7 Å². The Morgan fingerprint density at radius 1 is 1.58 bits per heavy atom. The predicted octanol–water partition coefficient (Wildman–Crippen LogP) is 0.661. The van der Waals surface area contributed by atoms with Crippen molar-refractivity contribution in [2.45, 2.75) is 25.3 Å². The zero-order chi connectivity index (χ0) is 8.55. The molecule has 0 spiro atoms. The second-order valence-electron chi connectivity index (χ2n) is 3.92. The molecule has 0 radical (unpaired) electrons. The standard InChI is InChI=1S/C9H17N3/c1-12-9-7(5-10)3-2-4-8(9)6-11-12/h6-9H,2-5,10H2,1H3. The van der Waals surface area contributed by atoms with Gasteiger partial charge in [0.2, 0.25) is 0 Å². The lowest BCUT2D eigenvalue weighted by Gasteiger charge is -2.35. The van der Waals surface area contributed by atoms with E-state index in [0.29, 0.717) is 17.9 Å². The summed E-state index contributed by atoms with van der Waals surface area (Å²) < 4.78 is 0. The lowest BCUT2D eigenvalue weighted by molar-refractivity contribution is 0.135. The van der Waals surface area contributed by atoms with Gasteiger partial charge < -0.3 is 5.73 Å². The zero-order valence-electron chi connectivity index (χ0n) is 7.61. The Hall–Kier alpha value is -0.570. The Morgan fingerprint density at radius 3 is 3.17 bits per heavy atom. The summed E-state index contributed by atoms with van der Waals surface area (Å²) in [4.78, 5) is 0. The molecular weight excluding hydrogens is 150 g/mol. The van der Waals surface area contributed by atoms with Crippen molar-refractivity contribution in [3.63, 3.8) is 0 Å². The largest absolute Gasteiger partial charge is 0.330 e. The van der Waals surface area contributed by atoms with Crippen molar-refractivity contribution in [1.82, 2.24) is 5.01 Å². The van der Waals surface area contributed by atoms with Gasteiger partial charge >= 0.3 is 0 Å². The van der Waals surface area contributed by atoms with Gasteiger partial charge in [-0.2, -0.15) is 5.10 Å². The summed E-state index contributed by atoms with van der Waals surface area (Å²) in [6, 6.07) is 0.601. The molecule has 12 heavy (non-hydrogen) atoms. The van der Waals surface area contributed by atoms with Gasteiger partial charge in [-0.25, -0.2) is 0 Å². The number of nitrogens with two attached hydrogens (primary N) is 1. The van der Waals surface area contributed by atoms with Gasteiger partial charge in [0.1, 0.15) is 0 Å². The van der Waals surface area contributed by atoms with Crippen LogP contribution in [0.15, 0.2) is 5.10 Å². The third-order valence-electron chi connectivity index (χ3n) is 3.21. The van der Waals surface area contributed by atoms with Crippen molar-refractivity contribution in [2.75, 3.05) is 13.6 Å². The lowest BCUT2D eigenvalue weighted by Crippen LogP contribution is -2.43. The van der Waals surface area contributed by atoms with E-state index in [1.807, 2.05) is 0 Å². The van der Waals surface area contributed by atoms with Gasteiger partial charge in [-0.15, -0.1) is 0 Å². The van der Waals surface area contributed by atoms with Gasteiger partial charge in [0.25, 0.3) is 0 Å². The van der Waals surface area contributed by atoms with E-state index in [0.717, 1.165) is 6.54 Å². The SMILES string of the molecule is CN1N=CC2CCCC(CN)C21. The first-order valence-electron chi connectivity index (χ1n) is 4.80. The third kappa shape index (κ3) is 1.12. The summed E-state index contributed by atoms with van der Waals surface area (Å²) in [5, 5.41) is 6.43. The highest BCUT2D eigenvalue weighted by Gasteiger charge is 2.37. The number of fused-ring (bicyclic) bond motifs is 1. The first-order valence-corrected chi connectivity index (χ1v) is 4.80. The van der Waals surface area contributed by atoms with Crippen LogP contribution in [0.3, 0.4) is 0 Å². The highest BCUT2D eigenvalue weighted by molar-refractivity contribution is 5.63. The number of hydrazone groups is 1. The van der Waals surface area contributed by atoms with Crippen molar-refractivity contribution < 1.29 is 0 Å². The smallest absolute Gasteiger partial charge is 0.0585 e. The Labute approximate surface area is 73.6 Å². The first-order chi connectivity index (χ1) is 5.83. The second-order valence-corrected chi connectivity index (χ2v) is 3.92. The van der Waals surface area contributed by atoms with Gasteiger partial charge in [0.05, 0.1) is 6.04 Å². The number of hydrogen-bond donors (Lipinski definition) is 1. The van der Waals surface area contributed by atoms with E-state index >= 15 is 0 Å². The van der Waals surface area contributed by atoms with E-state index in [1.165, 1.54) is 19.3 Å². The maximum Gasteiger partial charge on any atom is 0.0585 e. The molecule has 3 nitrogen and oxygen atoms in total. The molecule has 68 valence electrons. The van der Waals surface area contributed by atoms with Crippen LogP contribution in [-0.2, 0) is 0 Å². The van der Waals surface area contributed by atoms with Crippen LogP contribution in [-0.4, -0.2) is 30.9 Å². The molecule has 2 aliphatic rings. The fourth-order valence-electron chi connectivity index (χ4n) is 2.58. The van der Waals surface area contributed by atoms with Crippen LogP contribution in [0, 0.1) is 11.8 Å². The molecule has 0 amide bonds. The molecule has 1 saturated carbocycles. The van der Waals surface area contributed by atoms with Crippen molar-refractivity contribution >= 4 is 6.21 Å². The van der Waals surface area contributed by atoms with Crippen LogP contribution in [0.5, 0.6) is 0 Å². The molecule has 0 aromatic rings. The molecule has 3 unspecified atom stereocenters. The van der Waals surface area contributed by atoms with E-state index in [1.54, 1.807) is 0 Å². The van der Waals surface area contributed by atoms with Crippen molar-refractivity contribution in [3.8, 4) is 0 Å². The van der Waals surface area contributed by atoms with E-state index < -0.39 is 0 Å². The fourth-order valence-corrected chi connectivity index (χ4v) is 2.58. The van der Waals surface area contributed by atoms with Crippen molar-refractivity contribution in [1.29, 1.82) is 0 Å². The van der Waals surface area contributed by atoms with Gasteiger partial charge in [-0.1, -0.05) is 6.42 Å². The highest BCUT2D eigenvalue weighted by atomic mass is 15.5. The normalized spacial score (nSPS) is 40.2. The van der Waals surface area contributed by atoms with Crippen LogP contribution in [0.25, 0.3) is 0 Å². The Kier molecular flexibility index (Phi) is 2.05. The molecule has 2 N–H and O–H groups in total. The molecule has 3 atom stereocenters. The molecule has 3 heteroatoms. The zero-order valence-corrected chi connectivity index (χ0v) is 7.61. The van der Waals surface area contributed by atoms with E-state index in [4.69, 9.17) is 5.73 Å². The Bertz CT molecular complexity index is 190. The van der Waals surface area contributed by atoms with Gasteiger partial charge in [0, 0.05) is 19.2 Å². The van der Waals surface area contributed by atoms with E-state index in [-0.39, 0.29) is 0 Å².